The van der Waals surface area contributed by atoms with Gasteiger partial charge in [0.1, 0.15) is 5.82 Å². The molecule has 0 spiro atoms. The first kappa shape index (κ1) is 19.1. The molecule has 8 heteroatoms. The van der Waals surface area contributed by atoms with E-state index in [1.165, 1.54) is 11.6 Å². The minimum absolute atomic E-state index is 0.179. The second kappa shape index (κ2) is 7.91. The summed E-state index contributed by atoms with van der Waals surface area (Å²) in [4.78, 5) is 36.1. The van der Waals surface area contributed by atoms with E-state index in [1.54, 1.807) is 32.2 Å². The van der Waals surface area contributed by atoms with E-state index in [9.17, 15) is 14.4 Å². The summed E-state index contributed by atoms with van der Waals surface area (Å²) in [7, 11) is 1.70. The predicted octanol–water partition coefficient (Wildman–Crippen LogP) is 2.64. The number of ether oxygens (including phenoxy) is 1. The van der Waals surface area contributed by atoms with E-state index in [0.717, 1.165) is 16.5 Å². The van der Waals surface area contributed by atoms with Gasteiger partial charge in [-0.1, -0.05) is 24.3 Å². The second-order valence-corrected chi connectivity index (χ2v) is 6.35. The normalized spacial score (nSPS) is 10.5. The molecule has 2 N–H and O–H groups in total. The lowest BCUT2D eigenvalue weighted by molar-refractivity contribution is -0.119. The zero-order valence-corrected chi connectivity index (χ0v) is 15.8. The molecule has 2 aromatic carbocycles. The molecule has 3 aromatic rings. The van der Waals surface area contributed by atoms with Crippen LogP contribution < -0.4 is 10.6 Å². The van der Waals surface area contributed by atoms with Crippen molar-refractivity contribution in [2.75, 3.05) is 17.2 Å². The van der Waals surface area contributed by atoms with Crippen LogP contribution in [0.25, 0.3) is 10.8 Å². The van der Waals surface area contributed by atoms with E-state index < -0.39 is 18.5 Å². The minimum atomic E-state index is -0.703. The number of fused-ring (bicyclic) bond motifs is 1. The third kappa shape index (κ3) is 4.35. The van der Waals surface area contributed by atoms with Crippen molar-refractivity contribution in [2.24, 2.45) is 7.05 Å². The number of anilines is 2. The summed E-state index contributed by atoms with van der Waals surface area (Å²) >= 11 is 0. The summed E-state index contributed by atoms with van der Waals surface area (Å²) < 4.78 is 6.67. The second-order valence-electron chi connectivity index (χ2n) is 6.35. The number of amides is 2. The number of rotatable bonds is 5. The molecular weight excluding hydrogens is 360 g/mol. The molecule has 0 unspecified atom stereocenters. The van der Waals surface area contributed by atoms with E-state index in [4.69, 9.17) is 4.74 Å². The molecule has 1 aromatic heterocycles. The Morgan fingerprint density at radius 3 is 2.36 bits per heavy atom. The van der Waals surface area contributed by atoms with Gasteiger partial charge in [-0.3, -0.25) is 14.3 Å². The van der Waals surface area contributed by atoms with Crippen LogP contribution >= 0.6 is 0 Å². The summed E-state index contributed by atoms with van der Waals surface area (Å²) in [5.74, 6) is -0.999. The van der Waals surface area contributed by atoms with Crippen molar-refractivity contribution < 1.29 is 19.1 Å². The molecule has 3 rings (SSSR count). The van der Waals surface area contributed by atoms with Crippen molar-refractivity contribution >= 4 is 40.1 Å². The van der Waals surface area contributed by atoms with Gasteiger partial charge in [0, 0.05) is 20.0 Å². The molecule has 8 nitrogen and oxygen atoms in total. The molecule has 28 heavy (non-hydrogen) atoms. The van der Waals surface area contributed by atoms with Gasteiger partial charge < -0.3 is 15.4 Å². The van der Waals surface area contributed by atoms with Crippen LogP contribution in [0.5, 0.6) is 0 Å². The number of carbonyl (C=O) groups excluding carboxylic acids is 3. The van der Waals surface area contributed by atoms with E-state index >= 15 is 0 Å². The molecule has 0 saturated heterocycles. The van der Waals surface area contributed by atoms with Gasteiger partial charge in [0.25, 0.3) is 5.91 Å². The van der Waals surface area contributed by atoms with Crippen LogP contribution in [0, 0.1) is 6.92 Å². The molecule has 0 bridgehead atoms. The Balaban J connectivity index is 1.75. The van der Waals surface area contributed by atoms with Gasteiger partial charge in [0.05, 0.1) is 16.9 Å². The number of aromatic nitrogens is 2. The molecule has 144 valence electrons. The number of nitrogens with one attached hydrogen (secondary N) is 2. The molecule has 0 radical (unpaired) electrons. The Hall–Kier alpha value is -3.68. The van der Waals surface area contributed by atoms with E-state index in [2.05, 4.69) is 15.7 Å². The highest BCUT2D eigenvalue weighted by Crippen LogP contribution is 2.25. The Morgan fingerprint density at radius 2 is 1.75 bits per heavy atom. The third-order valence-corrected chi connectivity index (χ3v) is 4.02. The summed E-state index contributed by atoms with van der Waals surface area (Å²) in [6.07, 6.45) is 0. The average molecular weight is 380 g/mol. The van der Waals surface area contributed by atoms with Crippen molar-refractivity contribution in [1.29, 1.82) is 0 Å². The molecule has 0 saturated carbocycles. The first-order valence-electron chi connectivity index (χ1n) is 8.61. The summed E-state index contributed by atoms with van der Waals surface area (Å²) in [6.45, 7) is 2.70. The van der Waals surface area contributed by atoms with Crippen molar-refractivity contribution in [3.05, 3.63) is 53.7 Å². The monoisotopic (exact) mass is 380 g/mol. The van der Waals surface area contributed by atoms with Crippen LogP contribution in [-0.2, 0) is 21.4 Å². The topological polar surface area (TPSA) is 102 Å². The lowest BCUT2D eigenvalue weighted by atomic mass is 10.0. The van der Waals surface area contributed by atoms with Crippen LogP contribution in [0.15, 0.2) is 42.5 Å². The quantitative estimate of drug-likeness (QED) is 0.663. The molecule has 1 heterocycles. The Labute approximate surface area is 161 Å². The van der Waals surface area contributed by atoms with Crippen molar-refractivity contribution in [1.82, 2.24) is 9.78 Å². The van der Waals surface area contributed by atoms with Crippen LogP contribution in [0.3, 0.4) is 0 Å². The zero-order valence-electron chi connectivity index (χ0n) is 15.8. The zero-order chi connectivity index (χ0) is 20.3. The third-order valence-electron chi connectivity index (χ3n) is 4.02. The fourth-order valence-electron chi connectivity index (χ4n) is 2.82. The number of hydrogen-bond donors (Lipinski definition) is 2. The molecule has 0 fully saturated rings. The van der Waals surface area contributed by atoms with Crippen molar-refractivity contribution in [3.8, 4) is 0 Å². The van der Waals surface area contributed by atoms with Gasteiger partial charge in [0.2, 0.25) is 5.91 Å². The molecule has 0 atom stereocenters. The largest absolute Gasteiger partial charge is 0.452 e. The highest BCUT2D eigenvalue weighted by Gasteiger charge is 2.17. The van der Waals surface area contributed by atoms with E-state index in [-0.39, 0.29) is 11.5 Å². The lowest BCUT2D eigenvalue weighted by Crippen LogP contribution is -2.22. The number of esters is 1. The maximum atomic E-state index is 12.5. The first-order chi connectivity index (χ1) is 13.3. The number of benzene rings is 2. The van der Waals surface area contributed by atoms with Gasteiger partial charge in [-0.25, -0.2) is 4.79 Å². The Morgan fingerprint density at radius 1 is 1.07 bits per heavy atom. The highest BCUT2D eigenvalue weighted by atomic mass is 16.5. The SMILES string of the molecule is CC(=O)Nc1cc2ccccc2cc1C(=O)OCC(=O)Nc1cc(C)nn1C. The first-order valence-corrected chi connectivity index (χ1v) is 8.61. The fraction of sp³-hybridized carbons (Fsp3) is 0.200. The van der Waals surface area contributed by atoms with Gasteiger partial charge in [0.15, 0.2) is 6.61 Å². The molecular formula is C20H20N4O4. The van der Waals surface area contributed by atoms with Crippen molar-refractivity contribution in [2.45, 2.75) is 13.8 Å². The lowest BCUT2D eigenvalue weighted by Gasteiger charge is -2.12. The van der Waals surface area contributed by atoms with Gasteiger partial charge >= 0.3 is 5.97 Å². The smallest absolute Gasteiger partial charge is 0.340 e. The van der Waals surface area contributed by atoms with Crippen LogP contribution in [0.2, 0.25) is 0 Å². The standard InChI is InChI=1S/C20H20N4O4/c1-12-8-18(24(3)23-12)22-19(26)11-28-20(27)16-9-14-6-4-5-7-15(14)10-17(16)21-13(2)25/h4-10H,11H2,1-3H3,(H,21,25)(H,22,26). The maximum Gasteiger partial charge on any atom is 0.340 e. The number of carbonyl (C=O) groups is 3. The predicted molar refractivity (Wildman–Crippen MR) is 105 cm³/mol. The maximum absolute atomic E-state index is 12.5. The Kier molecular flexibility index (Phi) is 5.39. The van der Waals surface area contributed by atoms with Gasteiger partial charge in [-0.2, -0.15) is 5.10 Å². The van der Waals surface area contributed by atoms with Gasteiger partial charge in [-0.05, 0) is 29.8 Å². The summed E-state index contributed by atoms with van der Waals surface area (Å²) in [5, 5.41) is 11.1. The van der Waals surface area contributed by atoms with Crippen LogP contribution in [-0.4, -0.2) is 34.2 Å². The van der Waals surface area contributed by atoms with Gasteiger partial charge in [-0.15, -0.1) is 0 Å². The number of aryl methyl sites for hydroxylation is 2. The number of nitrogens with zero attached hydrogens (tertiary/aromatic N) is 2. The van der Waals surface area contributed by atoms with E-state index in [0.29, 0.717) is 11.5 Å². The fourth-order valence-corrected chi connectivity index (χ4v) is 2.82. The summed E-state index contributed by atoms with van der Waals surface area (Å²) in [5.41, 5.74) is 1.27. The highest BCUT2D eigenvalue weighted by molar-refractivity contribution is 6.06. The van der Waals surface area contributed by atoms with Crippen LogP contribution in [0.1, 0.15) is 23.0 Å². The average Bonchev–Trinajstić information content (AvgIpc) is 2.95. The van der Waals surface area contributed by atoms with Crippen molar-refractivity contribution in [3.63, 3.8) is 0 Å². The summed E-state index contributed by atoms with van der Waals surface area (Å²) in [6, 6.07) is 12.5. The molecule has 0 aliphatic carbocycles. The minimum Gasteiger partial charge on any atom is -0.452 e. The molecule has 0 aliphatic rings. The molecule has 0 aliphatic heterocycles. The van der Waals surface area contributed by atoms with E-state index in [1.807, 2.05) is 24.3 Å². The van der Waals surface area contributed by atoms with Crippen LogP contribution in [0.4, 0.5) is 11.5 Å². The number of hydrogen-bond acceptors (Lipinski definition) is 5. The molecule has 2 amide bonds. The Bertz CT molecular complexity index is 1070.